The van der Waals surface area contributed by atoms with Gasteiger partial charge in [0, 0.05) is 11.9 Å². The molecule has 0 spiro atoms. The predicted octanol–water partition coefficient (Wildman–Crippen LogP) is 4.98. The minimum atomic E-state index is -0.814. The molecular weight excluding hydrogens is 648 g/mol. The van der Waals surface area contributed by atoms with E-state index in [-0.39, 0.29) is 28.6 Å². The SMILES string of the molecule is COc1ccc2oc(C(N)=O)c(NC(=O)[C@H]3CCCN3C(=O)OC(C)(C)C)c2c1.COc1ccc2oc3c(=O)[nH]c([C@H]4CCCN4)nc3c2c1. The minimum Gasteiger partial charge on any atom is -0.497 e. The van der Waals surface area contributed by atoms with Crippen molar-refractivity contribution in [2.24, 2.45) is 5.73 Å². The van der Waals surface area contributed by atoms with Gasteiger partial charge in [0.2, 0.25) is 17.3 Å². The maximum atomic E-state index is 13.0. The summed E-state index contributed by atoms with van der Waals surface area (Å²) >= 11 is 0. The molecule has 2 aliphatic rings. The molecule has 5 N–H and O–H groups in total. The smallest absolute Gasteiger partial charge is 0.410 e. The molecule has 0 radical (unpaired) electrons. The Kier molecular flexibility index (Phi) is 9.43. The molecule has 3 amide bonds. The monoisotopic (exact) mass is 688 g/mol. The summed E-state index contributed by atoms with van der Waals surface area (Å²) in [6.07, 6.45) is 2.67. The van der Waals surface area contributed by atoms with Crippen molar-refractivity contribution in [1.29, 1.82) is 0 Å². The zero-order valence-electron chi connectivity index (χ0n) is 28.5. The van der Waals surface area contributed by atoms with E-state index in [1.807, 2.05) is 6.07 Å². The summed E-state index contributed by atoms with van der Waals surface area (Å²) in [6.45, 7) is 6.66. The van der Waals surface area contributed by atoms with Crippen LogP contribution in [0.3, 0.4) is 0 Å². The molecule has 0 unspecified atom stereocenters. The number of likely N-dealkylation sites (tertiary alicyclic amines) is 1. The summed E-state index contributed by atoms with van der Waals surface area (Å²) in [7, 11) is 3.11. The lowest BCUT2D eigenvalue weighted by atomic mass is 10.1. The molecule has 264 valence electrons. The summed E-state index contributed by atoms with van der Waals surface area (Å²) in [4.78, 5) is 58.4. The van der Waals surface area contributed by atoms with Crippen molar-refractivity contribution < 1.29 is 37.4 Å². The maximum Gasteiger partial charge on any atom is 0.410 e. The van der Waals surface area contributed by atoms with Crippen molar-refractivity contribution in [3.05, 3.63) is 58.3 Å². The molecule has 50 heavy (non-hydrogen) atoms. The van der Waals surface area contributed by atoms with E-state index >= 15 is 0 Å². The third-order valence-corrected chi connectivity index (χ3v) is 8.49. The van der Waals surface area contributed by atoms with Crippen LogP contribution in [0.1, 0.15) is 68.9 Å². The number of nitrogens with one attached hydrogen (secondary N) is 3. The van der Waals surface area contributed by atoms with Gasteiger partial charge >= 0.3 is 6.09 Å². The Bertz CT molecular complexity index is 2140. The number of fused-ring (bicyclic) bond motifs is 4. The number of ether oxygens (including phenoxy) is 3. The predicted molar refractivity (Wildman–Crippen MR) is 185 cm³/mol. The average Bonchev–Trinajstić information content (AvgIpc) is 3.89. The second-order valence-electron chi connectivity index (χ2n) is 13.1. The number of methoxy groups -OCH3 is 2. The molecule has 0 aliphatic carbocycles. The highest BCUT2D eigenvalue weighted by Crippen LogP contribution is 2.35. The van der Waals surface area contributed by atoms with Crippen LogP contribution in [0.25, 0.3) is 33.0 Å². The summed E-state index contributed by atoms with van der Waals surface area (Å²) < 4.78 is 27.0. The minimum absolute atomic E-state index is 0.109. The number of hydrogen-bond acceptors (Lipinski definition) is 11. The molecule has 15 heteroatoms. The highest BCUT2D eigenvalue weighted by Gasteiger charge is 2.37. The normalized spacial score (nSPS) is 17.5. The topological polar surface area (TPSA) is 204 Å². The van der Waals surface area contributed by atoms with E-state index < -0.39 is 29.6 Å². The second-order valence-corrected chi connectivity index (χ2v) is 13.1. The van der Waals surface area contributed by atoms with Gasteiger partial charge in [-0.3, -0.25) is 19.3 Å². The van der Waals surface area contributed by atoms with Gasteiger partial charge in [-0.25, -0.2) is 9.78 Å². The van der Waals surface area contributed by atoms with Crippen LogP contribution in [0.2, 0.25) is 0 Å². The Balaban J connectivity index is 0.000000181. The zero-order valence-corrected chi connectivity index (χ0v) is 28.5. The lowest BCUT2D eigenvalue weighted by Crippen LogP contribution is -2.45. The van der Waals surface area contributed by atoms with Crippen molar-refractivity contribution in [3.8, 4) is 11.5 Å². The molecule has 2 atom stereocenters. The van der Waals surface area contributed by atoms with Crippen LogP contribution < -0.4 is 31.4 Å². The number of aromatic nitrogens is 2. The first kappa shape index (κ1) is 34.3. The van der Waals surface area contributed by atoms with Crippen molar-refractivity contribution >= 4 is 56.6 Å². The standard InChI is InChI=1S/C20H25N3O6.C15H15N3O3/c1-20(2,3)29-19(26)23-9-5-6-13(23)18(25)22-15-12-10-11(27-4)7-8-14(12)28-16(15)17(21)24;1-20-8-4-5-11-9(7-8)12-13(21-11)15(19)18-14(17-12)10-3-2-6-16-10/h7-8,10,13H,5-6,9H2,1-4H3,(H2,21,24)(H,22,25);4-5,7,10,16H,2-3,6H2,1H3,(H,17,18,19)/t13-;10-/m11/s1. The van der Waals surface area contributed by atoms with Crippen LogP contribution in [-0.2, 0) is 9.53 Å². The summed E-state index contributed by atoms with van der Waals surface area (Å²) in [6, 6.07) is 9.77. The van der Waals surface area contributed by atoms with Crippen molar-refractivity contribution in [3.63, 3.8) is 0 Å². The number of nitrogens with two attached hydrogens (primary N) is 1. The molecule has 2 aromatic carbocycles. The second kappa shape index (κ2) is 13.7. The molecule has 2 fully saturated rings. The molecule has 7 rings (SSSR count). The van der Waals surface area contributed by atoms with Gasteiger partial charge in [-0.15, -0.1) is 0 Å². The molecule has 0 bridgehead atoms. The van der Waals surface area contributed by atoms with E-state index in [1.165, 1.54) is 12.0 Å². The van der Waals surface area contributed by atoms with Crippen LogP contribution in [0.4, 0.5) is 10.5 Å². The number of nitrogens with zero attached hydrogens (tertiary/aromatic N) is 2. The van der Waals surface area contributed by atoms with Gasteiger partial charge in [0.05, 0.1) is 25.6 Å². The molecule has 3 aromatic heterocycles. The van der Waals surface area contributed by atoms with Gasteiger partial charge in [0.15, 0.2) is 0 Å². The van der Waals surface area contributed by atoms with Crippen LogP contribution in [0.5, 0.6) is 11.5 Å². The number of aromatic amines is 1. The largest absolute Gasteiger partial charge is 0.497 e. The van der Waals surface area contributed by atoms with Gasteiger partial charge in [0.25, 0.3) is 11.5 Å². The number of carbonyl (C=O) groups excluding carboxylic acids is 3. The van der Waals surface area contributed by atoms with Gasteiger partial charge in [0.1, 0.15) is 51.3 Å². The Morgan fingerprint density at radius 1 is 0.980 bits per heavy atom. The van der Waals surface area contributed by atoms with Gasteiger partial charge in [-0.1, -0.05) is 0 Å². The van der Waals surface area contributed by atoms with E-state index in [1.54, 1.807) is 58.2 Å². The number of furan rings is 2. The lowest BCUT2D eigenvalue weighted by molar-refractivity contribution is -0.120. The van der Waals surface area contributed by atoms with Crippen molar-refractivity contribution in [2.45, 2.75) is 64.1 Å². The zero-order chi connectivity index (χ0) is 35.7. The van der Waals surface area contributed by atoms with E-state index in [9.17, 15) is 19.2 Å². The number of hydrogen-bond donors (Lipinski definition) is 4. The van der Waals surface area contributed by atoms with Crippen molar-refractivity contribution in [1.82, 2.24) is 20.2 Å². The molecule has 0 saturated carbocycles. The average molecular weight is 689 g/mol. The van der Waals surface area contributed by atoms with E-state index in [0.717, 1.165) is 24.8 Å². The first-order valence-corrected chi connectivity index (χ1v) is 16.3. The van der Waals surface area contributed by atoms with Crippen molar-refractivity contribution in [2.75, 3.05) is 32.6 Å². The van der Waals surface area contributed by atoms with Gasteiger partial charge in [-0.2, -0.15) is 0 Å². The van der Waals surface area contributed by atoms with E-state index in [0.29, 0.717) is 58.8 Å². The van der Waals surface area contributed by atoms with Crippen LogP contribution in [-0.4, -0.2) is 71.7 Å². The Hall–Kier alpha value is -5.57. The Morgan fingerprint density at radius 2 is 1.66 bits per heavy atom. The lowest BCUT2D eigenvalue weighted by Gasteiger charge is -2.28. The summed E-state index contributed by atoms with van der Waals surface area (Å²) in [5, 5.41) is 7.34. The number of benzene rings is 2. The summed E-state index contributed by atoms with van der Waals surface area (Å²) in [5.74, 6) is 0.500. The third kappa shape index (κ3) is 6.94. The van der Waals surface area contributed by atoms with Gasteiger partial charge < -0.3 is 44.4 Å². The fourth-order valence-corrected chi connectivity index (χ4v) is 6.15. The number of primary amides is 1. The van der Waals surface area contributed by atoms with Crippen LogP contribution in [0, 0.1) is 0 Å². The maximum absolute atomic E-state index is 13.0. The molecule has 15 nitrogen and oxygen atoms in total. The quantitative estimate of drug-likeness (QED) is 0.187. The molecule has 2 saturated heterocycles. The van der Waals surface area contributed by atoms with Gasteiger partial charge in [-0.05, 0) is 89.4 Å². The fourth-order valence-electron chi connectivity index (χ4n) is 6.15. The highest BCUT2D eigenvalue weighted by molar-refractivity contribution is 6.12. The third-order valence-electron chi connectivity index (χ3n) is 8.49. The van der Waals surface area contributed by atoms with Crippen LogP contribution >= 0.6 is 0 Å². The molecule has 5 aromatic rings. The van der Waals surface area contributed by atoms with E-state index in [2.05, 4.69) is 20.6 Å². The van der Waals surface area contributed by atoms with E-state index in [4.69, 9.17) is 28.8 Å². The number of carbonyl (C=O) groups is 3. The Labute approximate surface area is 286 Å². The fraction of sp³-hybridized carbons (Fsp3) is 0.400. The number of anilines is 1. The first-order chi connectivity index (χ1) is 23.9. The highest BCUT2D eigenvalue weighted by atomic mass is 16.6. The number of amides is 3. The molecule has 5 heterocycles. The number of rotatable bonds is 6. The number of H-pyrrole nitrogens is 1. The van der Waals surface area contributed by atoms with Crippen LogP contribution in [0.15, 0.2) is 50.0 Å². The molecule has 2 aliphatic heterocycles. The summed E-state index contributed by atoms with van der Waals surface area (Å²) in [5.41, 5.74) is 6.55. The first-order valence-electron chi connectivity index (χ1n) is 16.3. The Morgan fingerprint density at radius 3 is 2.28 bits per heavy atom. The molecular formula is C35H40N6O9.